The van der Waals surface area contributed by atoms with E-state index in [1.54, 1.807) is 7.11 Å². The van der Waals surface area contributed by atoms with Crippen LogP contribution in [-0.2, 0) is 4.79 Å². The molecule has 0 saturated carbocycles. The van der Waals surface area contributed by atoms with Crippen molar-refractivity contribution in [1.82, 2.24) is 0 Å². The number of hydrogen-bond acceptors (Lipinski definition) is 2. The number of benzene rings is 2. The van der Waals surface area contributed by atoms with E-state index in [0.717, 1.165) is 18.0 Å². The van der Waals surface area contributed by atoms with E-state index < -0.39 is 0 Å². The second kappa shape index (κ2) is 8.34. The third-order valence-electron chi connectivity index (χ3n) is 4.13. The Morgan fingerprint density at radius 2 is 1.78 bits per heavy atom. The molecule has 2 atom stereocenters. The van der Waals surface area contributed by atoms with Crippen LogP contribution in [0.2, 0.25) is 0 Å². The molecule has 23 heavy (non-hydrogen) atoms. The third kappa shape index (κ3) is 4.83. The van der Waals surface area contributed by atoms with Crippen LogP contribution in [0, 0.1) is 0 Å². The van der Waals surface area contributed by atoms with Crippen LogP contribution in [0.5, 0.6) is 5.75 Å². The second-order valence-corrected chi connectivity index (χ2v) is 5.60. The first kappa shape index (κ1) is 17.0. The Morgan fingerprint density at radius 1 is 1.13 bits per heavy atom. The lowest BCUT2D eigenvalue weighted by molar-refractivity contribution is -0.920. The van der Waals surface area contributed by atoms with E-state index in [9.17, 15) is 4.79 Å². The van der Waals surface area contributed by atoms with Crippen molar-refractivity contribution < 1.29 is 14.4 Å². The Balaban J connectivity index is 1.96. The minimum Gasteiger partial charge on any atom is -0.497 e. The topological polar surface area (TPSA) is 42.8 Å². The minimum absolute atomic E-state index is 0.0230. The Hall–Kier alpha value is -2.33. The summed E-state index contributed by atoms with van der Waals surface area (Å²) in [6, 6.07) is 18.0. The normalized spacial score (nSPS) is 13.2. The van der Waals surface area contributed by atoms with Crippen LogP contribution in [0.3, 0.4) is 0 Å². The number of nitrogens with one attached hydrogen (secondary N) is 2. The molecule has 0 aliphatic heterocycles. The number of rotatable bonds is 7. The first-order valence-electron chi connectivity index (χ1n) is 7.97. The van der Waals surface area contributed by atoms with Gasteiger partial charge < -0.3 is 15.0 Å². The zero-order valence-electron chi connectivity index (χ0n) is 14.0. The smallest absolute Gasteiger partial charge is 0.279 e. The highest BCUT2D eigenvalue weighted by atomic mass is 16.5. The van der Waals surface area contributed by atoms with Crippen LogP contribution in [0.15, 0.2) is 54.6 Å². The number of carbonyl (C=O) groups excluding carboxylic acids is 1. The van der Waals surface area contributed by atoms with Crippen LogP contribution in [0.25, 0.3) is 0 Å². The molecule has 122 valence electrons. The quantitative estimate of drug-likeness (QED) is 0.824. The summed E-state index contributed by atoms with van der Waals surface area (Å²) in [5.41, 5.74) is 2.04. The van der Waals surface area contributed by atoms with Crippen molar-refractivity contribution in [2.45, 2.75) is 19.9 Å². The Kier molecular flexibility index (Phi) is 6.18. The summed E-state index contributed by atoms with van der Waals surface area (Å²) in [7, 11) is 1.63. The second-order valence-electron chi connectivity index (χ2n) is 5.60. The molecular formula is C19H25N2O2+. The molecule has 4 heteroatoms. The number of likely N-dealkylation sites (N-methyl/N-ethyl adjacent to an activating group) is 1. The van der Waals surface area contributed by atoms with Crippen LogP contribution in [0.1, 0.15) is 25.5 Å². The molecule has 0 heterocycles. The highest BCUT2D eigenvalue weighted by molar-refractivity contribution is 5.91. The average molecular weight is 313 g/mol. The molecule has 0 fully saturated rings. The molecule has 2 aromatic rings. The summed E-state index contributed by atoms with van der Waals surface area (Å²) < 4.78 is 5.12. The number of carbonyl (C=O) groups is 1. The fourth-order valence-corrected chi connectivity index (χ4v) is 2.65. The summed E-state index contributed by atoms with van der Waals surface area (Å²) in [5, 5.41) is 2.95. The fourth-order valence-electron chi connectivity index (χ4n) is 2.65. The molecule has 0 radical (unpaired) electrons. The summed E-state index contributed by atoms with van der Waals surface area (Å²) in [4.78, 5) is 13.5. The summed E-state index contributed by atoms with van der Waals surface area (Å²) in [5.74, 6) is 0.802. The van der Waals surface area contributed by atoms with Crippen molar-refractivity contribution in [3.63, 3.8) is 0 Å². The third-order valence-corrected chi connectivity index (χ3v) is 4.13. The van der Waals surface area contributed by atoms with Gasteiger partial charge in [0.05, 0.1) is 13.7 Å². The molecule has 1 amide bonds. The predicted molar refractivity (Wildman–Crippen MR) is 92.9 cm³/mol. The summed E-state index contributed by atoms with van der Waals surface area (Å²) in [6.45, 7) is 5.61. The van der Waals surface area contributed by atoms with Crippen molar-refractivity contribution in [3.05, 3.63) is 60.2 Å². The first-order valence-corrected chi connectivity index (χ1v) is 7.97. The van der Waals surface area contributed by atoms with Crippen molar-refractivity contribution in [1.29, 1.82) is 0 Å². The van der Waals surface area contributed by atoms with Gasteiger partial charge >= 0.3 is 0 Å². The van der Waals surface area contributed by atoms with E-state index in [0.29, 0.717) is 6.54 Å². The predicted octanol–water partition coefficient (Wildman–Crippen LogP) is 2.30. The van der Waals surface area contributed by atoms with E-state index in [1.165, 1.54) is 10.5 Å². The number of ether oxygens (including phenoxy) is 1. The molecule has 2 aromatic carbocycles. The highest BCUT2D eigenvalue weighted by Crippen LogP contribution is 2.14. The van der Waals surface area contributed by atoms with Gasteiger partial charge in [-0.25, -0.2) is 0 Å². The van der Waals surface area contributed by atoms with Crippen LogP contribution in [-0.4, -0.2) is 26.1 Å². The number of anilines is 1. The van der Waals surface area contributed by atoms with Crippen LogP contribution < -0.4 is 15.0 Å². The lowest BCUT2D eigenvalue weighted by Gasteiger charge is -2.24. The molecule has 0 spiro atoms. The molecule has 0 aliphatic rings. The lowest BCUT2D eigenvalue weighted by atomic mass is 10.1. The summed E-state index contributed by atoms with van der Waals surface area (Å²) >= 11 is 0. The van der Waals surface area contributed by atoms with Gasteiger partial charge in [-0.05, 0) is 38.1 Å². The van der Waals surface area contributed by atoms with Crippen molar-refractivity contribution >= 4 is 11.6 Å². The van der Waals surface area contributed by atoms with Gasteiger partial charge in [0.1, 0.15) is 11.8 Å². The molecule has 2 N–H and O–H groups in total. The van der Waals surface area contributed by atoms with Gasteiger partial charge in [-0.3, -0.25) is 4.79 Å². The molecular weight excluding hydrogens is 288 g/mol. The minimum atomic E-state index is 0.0230. The van der Waals surface area contributed by atoms with Crippen molar-refractivity contribution in [3.8, 4) is 5.75 Å². The first-order chi connectivity index (χ1) is 11.1. The van der Waals surface area contributed by atoms with Gasteiger partial charge in [0.25, 0.3) is 5.91 Å². The Morgan fingerprint density at radius 3 is 2.35 bits per heavy atom. The van der Waals surface area contributed by atoms with E-state index >= 15 is 0 Å². The molecule has 0 bridgehead atoms. The van der Waals surface area contributed by atoms with Crippen LogP contribution >= 0.6 is 0 Å². The maximum atomic E-state index is 12.3. The number of amides is 1. The highest BCUT2D eigenvalue weighted by Gasteiger charge is 2.20. The Bertz CT molecular complexity index is 611. The largest absolute Gasteiger partial charge is 0.497 e. The number of methoxy groups -OCH3 is 1. The average Bonchev–Trinajstić information content (AvgIpc) is 2.60. The summed E-state index contributed by atoms with van der Waals surface area (Å²) in [6.07, 6.45) is 0. The van der Waals surface area contributed by atoms with Crippen LogP contribution in [0.4, 0.5) is 5.69 Å². The molecule has 1 unspecified atom stereocenters. The molecule has 0 aliphatic carbocycles. The molecule has 0 saturated heterocycles. The van der Waals surface area contributed by atoms with E-state index in [1.807, 2.05) is 42.5 Å². The van der Waals surface area contributed by atoms with Gasteiger partial charge in [0.15, 0.2) is 6.54 Å². The van der Waals surface area contributed by atoms with Crippen molar-refractivity contribution in [2.75, 3.05) is 25.5 Å². The molecule has 2 rings (SSSR count). The van der Waals surface area contributed by atoms with Crippen molar-refractivity contribution in [2.24, 2.45) is 0 Å². The van der Waals surface area contributed by atoms with Gasteiger partial charge in [-0.15, -0.1) is 0 Å². The van der Waals surface area contributed by atoms with E-state index in [-0.39, 0.29) is 11.9 Å². The molecule has 0 aromatic heterocycles. The zero-order valence-corrected chi connectivity index (χ0v) is 14.0. The number of hydrogen-bond donors (Lipinski definition) is 2. The van der Waals surface area contributed by atoms with E-state index in [4.69, 9.17) is 4.74 Å². The van der Waals surface area contributed by atoms with Gasteiger partial charge in [0.2, 0.25) is 0 Å². The number of quaternary nitrogens is 1. The maximum absolute atomic E-state index is 12.3. The van der Waals surface area contributed by atoms with Gasteiger partial charge in [-0.2, -0.15) is 0 Å². The Labute approximate surface area is 138 Å². The molecule has 4 nitrogen and oxygen atoms in total. The monoisotopic (exact) mass is 313 g/mol. The van der Waals surface area contributed by atoms with Gasteiger partial charge in [-0.1, -0.05) is 30.3 Å². The standard InChI is InChI=1S/C19H24N2O2/c1-4-21(15(2)16-8-6-5-7-9-16)14-19(22)20-17-10-12-18(23-3)13-11-17/h5-13,15H,4,14H2,1-3H3,(H,20,22)/p+1/t15-/m0/s1. The zero-order chi connectivity index (χ0) is 16.7. The van der Waals surface area contributed by atoms with E-state index in [2.05, 4.69) is 31.3 Å². The lowest BCUT2D eigenvalue weighted by Crippen LogP contribution is -3.12. The maximum Gasteiger partial charge on any atom is 0.279 e. The van der Waals surface area contributed by atoms with Gasteiger partial charge in [0, 0.05) is 11.3 Å². The fraction of sp³-hybridized carbons (Fsp3) is 0.316. The SMILES string of the molecule is CC[NH+](CC(=O)Nc1ccc(OC)cc1)[C@@H](C)c1ccccc1.